The maximum absolute atomic E-state index is 14.1. The molecule has 230 valence electrons. The first kappa shape index (κ1) is 29.5. The molecule has 1 aromatic heterocycles. The van der Waals surface area contributed by atoms with Gasteiger partial charge in [0.2, 0.25) is 0 Å². The molecule has 3 fully saturated rings. The highest BCUT2D eigenvalue weighted by atomic mass is 19.4. The summed E-state index contributed by atoms with van der Waals surface area (Å²) >= 11 is 0. The third-order valence-electron chi connectivity index (χ3n) is 9.47. The number of allylic oxidation sites excluding steroid dienone is 1. The van der Waals surface area contributed by atoms with Crippen LogP contribution in [0.15, 0.2) is 30.5 Å². The number of aromatic nitrogens is 2. The van der Waals surface area contributed by atoms with E-state index in [0.29, 0.717) is 44.8 Å². The van der Waals surface area contributed by atoms with Gasteiger partial charge in [0, 0.05) is 37.4 Å². The predicted molar refractivity (Wildman–Crippen MR) is 159 cm³/mol. The topological polar surface area (TPSA) is 71.8 Å². The molecule has 4 heterocycles. The molecule has 8 nitrogen and oxygen atoms in total. The molecule has 0 bridgehead atoms. The fraction of sp³-hybridized carbons (Fsp3) is 0.594. The van der Waals surface area contributed by atoms with E-state index in [1.165, 1.54) is 25.8 Å². The van der Waals surface area contributed by atoms with Gasteiger partial charge in [-0.15, -0.1) is 0 Å². The minimum absolute atomic E-state index is 0.0107. The zero-order valence-electron chi connectivity index (χ0n) is 25.0. The summed E-state index contributed by atoms with van der Waals surface area (Å²) < 4.78 is 48.8. The molecule has 2 saturated heterocycles. The van der Waals surface area contributed by atoms with E-state index in [4.69, 9.17) is 14.7 Å². The van der Waals surface area contributed by atoms with Crippen LogP contribution < -0.4 is 14.5 Å². The van der Waals surface area contributed by atoms with Gasteiger partial charge in [-0.3, -0.25) is 4.90 Å². The zero-order chi connectivity index (χ0) is 30.2. The van der Waals surface area contributed by atoms with E-state index in [9.17, 15) is 18.4 Å². The Labute approximate surface area is 251 Å². The van der Waals surface area contributed by atoms with Crippen LogP contribution in [0.1, 0.15) is 61.4 Å². The van der Waals surface area contributed by atoms with Crippen molar-refractivity contribution in [3.05, 3.63) is 52.9 Å². The number of nitriles is 1. The molecule has 1 aliphatic carbocycles. The number of likely N-dealkylation sites (tertiary alicyclic amines) is 1. The van der Waals surface area contributed by atoms with E-state index in [0.717, 1.165) is 43.9 Å². The summed E-state index contributed by atoms with van der Waals surface area (Å²) in [4.78, 5) is 18.5. The number of aryl methyl sites for hydroxylation is 1. The second-order valence-electron chi connectivity index (χ2n) is 12.3. The standard InChI is InChI=1S/C32H40F3N7O/c1-3-14-39-18-19-41(20-24(39)9-13-36)29-25-10-17-40(27-8-6-7-23(2)28(27)32(33,34)35)21-26(25)37-30(38-29)43-22-31(11-12-31)42-15-4-5-16-42/h3,6-8,14,24H,4-5,9-12,15-22H2,1-2H3/t24-/m0/s1. The van der Waals surface area contributed by atoms with Crippen molar-refractivity contribution in [2.45, 2.75) is 76.7 Å². The van der Waals surface area contributed by atoms with Gasteiger partial charge < -0.3 is 19.4 Å². The Morgan fingerprint density at radius 1 is 1.09 bits per heavy atom. The fourth-order valence-electron chi connectivity index (χ4n) is 7.03. The summed E-state index contributed by atoms with van der Waals surface area (Å²) in [6.45, 7) is 8.91. The van der Waals surface area contributed by atoms with Crippen molar-refractivity contribution in [3.8, 4) is 12.1 Å². The van der Waals surface area contributed by atoms with Gasteiger partial charge >= 0.3 is 12.2 Å². The Kier molecular flexibility index (Phi) is 8.16. The number of hydrogen-bond acceptors (Lipinski definition) is 8. The van der Waals surface area contributed by atoms with Crippen LogP contribution in [0, 0.1) is 18.3 Å². The van der Waals surface area contributed by atoms with Gasteiger partial charge in [-0.2, -0.15) is 28.4 Å². The number of nitrogens with zero attached hydrogens (tertiary/aromatic N) is 7. The number of rotatable bonds is 8. The van der Waals surface area contributed by atoms with Crippen LogP contribution in [0.4, 0.5) is 24.7 Å². The number of fused-ring (bicyclic) bond motifs is 1. The third kappa shape index (κ3) is 5.99. The van der Waals surface area contributed by atoms with Crippen LogP contribution >= 0.6 is 0 Å². The van der Waals surface area contributed by atoms with Crippen molar-refractivity contribution in [2.24, 2.45) is 0 Å². The van der Waals surface area contributed by atoms with Crippen molar-refractivity contribution in [1.82, 2.24) is 19.8 Å². The quantitative estimate of drug-likeness (QED) is 0.407. The Morgan fingerprint density at radius 3 is 2.58 bits per heavy atom. The van der Waals surface area contributed by atoms with Gasteiger partial charge in [-0.05, 0) is 76.9 Å². The van der Waals surface area contributed by atoms with Crippen LogP contribution in [-0.2, 0) is 19.1 Å². The van der Waals surface area contributed by atoms with Crippen LogP contribution in [0.25, 0.3) is 0 Å². The average molecular weight is 596 g/mol. The SMILES string of the molecule is CC=CN1CCN(c2nc(OCC3(N4CCCC4)CC3)nc3c2CCN(c2cccc(C)c2C(F)(F)F)C3)C[C@@H]1CC#N. The first-order valence-electron chi connectivity index (χ1n) is 15.4. The molecule has 0 unspecified atom stereocenters. The van der Waals surface area contributed by atoms with Crippen molar-refractivity contribution < 1.29 is 17.9 Å². The minimum Gasteiger partial charge on any atom is -0.461 e. The molecule has 4 aliphatic rings. The number of benzene rings is 1. The molecule has 3 aliphatic heterocycles. The molecule has 2 aromatic rings. The second kappa shape index (κ2) is 11.9. The van der Waals surface area contributed by atoms with Crippen molar-refractivity contribution >= 4 is 11.5 Å². The van der Waals surface area contributed by atoms with Crippen LogP contribution in [-0.4, -0.2) is 77.2 Å². The van der Waals surface area contributed by atoms with Gasteiger partial charge in [-0.1, -0.05) is 18.2 Å². The highest BCUT2D eigenvalue weighted by molar-refractivity contribution is 5.61. The fourth-order valence-corrected chi connectivity index (χ4v) is 7.03. The largest absolute Gasteiger partial charge is 0.461 e. The lowest BCUT2D eigenvalue weighted by Crippen LogP contribution is -2.51. The Hall–Kier alpha value is -3.52. The van der Waals surface area contributed by atoms with E-state index >= 15 is 0 Å². The van der Waals surface area contributed by atoms with Gasteiger partial charge in [0.1, 0.15) is 12.4 Å². The normalized spacial score (nSPS) is 22.1. The third-order valence-corrected chi connectivity index (χ3v) is 9.47. The van der Waals surface area contributed by atoms with Gasteiger partial charge in [-0.25, -0.2) is 0 Å². The summed E-state index contributed by atoms with van der Waals surface area (Å²) in [5, 5.41) is 9.52. The molecule has 1 atom stereocenters. The van der Waals surface area contributed by atoms with E-state index < -0.39 is 11.7 Å². The van der Waals surface area contributed by atoms with Crippen LogP contribution in [0.3, 0.4) is 0 Å². The van der Waals surface area contributed by atoms with E-state index in [1.807, 2.05) is 19.2 Å². The number of ether oxygens (including phenoxy) is 1. The van der Waals surface area contributed by atoms with Gasteiger partial charge in [0.25, 0.3) is 0 Å². The number of anilines is 2. The Bertz CT molecular complexity index is 1390. The lowest BCUT2D eigenvalue weighted by atomic mass is 10.00. The first-order valence-corrected chi connectivity index (χ1v) is 15.4. The maximum Gasteiger partial charge on any atom is 0.418 e. The van der Waals surface area contributed by atoms with Crippen molar-refractivity contribution in [3.63, 3.8) is 0 Å². The molecule has 0 spiro atoms. The first-order chi connectivity index (χ1) is 20.7. The number of hydrogen-bond donors (Lipinski definition) is 0. The van der Waals surface area contributed by atoms with Gasteiger partial charge in [0.05, 0.1) is 41.9 Å². The summed E-state index contributed by atoms with van der Waals surface area (Å²) in [5.74, 6) is 0.786. The smallest absolute Gasteiger partial charge is 0.418 e. The highest BCUT2D eigenvalue weighted by Gasteiger charge is 2.49. The average Bonchev–Trinajstić information content (AvgIpc) is 3.57. The van der Waals surface area contributed by atoms with E-state index in [-0.39, 0.29) is 35.4 Å². The molecule has 1 aromatic carbocycles. The van der Waals surface area contributed by atoms with Crippen LogP contribution in [0.2, 0.25) is 0 Å². The van der Waals surface area contributed by atoms with Crippen molar-refractivity contribution in [2.75, 3.05) is 55.7 Å². The molecule has 1 saturated carbocycles. The monoisotopic (exact) mass is 595 g/mol. The van der Waals surface area contributed by atoms with Gasteiger partial charge in [0.15, 0.2) is 0 Å². The molecular weight excluding hydrogens is 555 g/mol. The van der Waals surface area contributed by atoms with E-state index in [1.54, 1.807) is 17.0 Å². The number of alkyl halides is 3. The molecule has 0 amide bonds. The number of halogens is 3. The predicted octanol–water partition coefficient (Wildman–Crippen LogP) is 5.31. The molecule has 6 rings (SSSR count). The zero-order valence-corrected chi connectivity index (χ0v) is 25.0. The second-order valence-corrected chi connectivity index (χ2v) is 12.3. The Morgan fingerprint density at radius 2 is 1.88 bits per heavy atom. The Balaban J connectivity index is 1.33. The summed E-state index contributed by atoms with van der Waals surface area (Å²) in [6.07, 6.45) is 5.07. The lowest BCUT2D eigenvalue weighted by molar-refractivity contribution is -0.137. The molecule has 11 heteroatoms. The summed E-state index contributed by atoms with van der Waals surface area (Å²) in [5.41, 5.74) is 1.51. The molecule has 0 radical (unpaired) electrons. The van der Waals surface area contributed by atoms with Crippen LogP contribution in [0.5, 0.6) is 6.01 Å². The summed E-state index contributed by atoms with van der Waals surface area (Å²) in [7, 11) is 0. The summed E-state index contributed by atoms with van der Waals surface area (Å²) in [6, 6.07) is 7.37. The lowest BCUT2D eigenvalue weighted by Gasteiger charge is -2.42. The highest BCUT2D eigenvalue weighted by Crippen LogP contribution is 2.44. The van der Waals surface area contributed by atoms with Crippen molar-refractivity contribution in [1.29, 1.82) is 5.26 Å². The maximum atomic E-state index is 14.1. The minimum atomic E-state index is -4.46. The van der Waals surface area contributed by atoms with E-state index in [2.05, 4.69) is 20.8 Å². The number of piperazine rings is 1. The molecule has 43 heavy (non-hydrogen) atoms. The molecule has 0 N–H and O–H groups in total. The molecular formula is C32H40F3N7O.